The molecule has 2 amide bonds. The van der Waals surface area contributed by atoms with E-state index >= 15 is 0 Å². The molecular formula is C17H19N3O3S. The minimum atomic E-state index is -0.737. The van der Waals surface area contributed by atoms with E-state index < -0.39 is 6.10 Å². The predicted molar refractivity (Wildman–Crippen MR) is 92.7 cm³/mol. The molecule has 0 bridgehead atoms. The number of urea groups is 1. The molecule has 2 heterocycles. The summed E-state index contributed by atoms with van der Waals surface area (Å²) in [5, 5.41) is 16.5. The van der Waals surface area contributed by atoms with Gasteiger partial charge in [-0.3, -0.25) is 0 Å². The summed E-state index contributed by atoms with van der Waals surface area (Å²) in [6.45, 7) is 2.21. The van der Waals surface area contributed by atoms with Crippen LogP contribution in [0, 0.1) is 0 Å². The molecule has 0 fully saturated rings. The van der Waals surface area contributed by atoms with Crippen molar-refractivity contribution in [2.45, 2.75) is 32.0 Å². The summed E-state index contributed by atoms with van der Waals surface area (Å²) in [4.78, 5) is 16.4. The van der Waals surface area contributed by atoms with Crippen LogP contribution in [0.3, 0.4) is 0 Å². The van der Waals surface area contributed by atoms with Gasteiger partial charge in [-0.15, -0.1) is 11.3 Å². The normalized spacial score (nSPS) is 13.6. The fourth-order valence-electron chi connectivity index (χ4n) is 2.42. The number of nitrogens with zero attached hydrogens (tertiary/aromatic N) is 1. The first-order chi connectivity index (χ1) is 11.6. The molecule has 0 saturated carbocycles. The molecule has 0 saturated heterocycles. The van der Waals surface area contributed by atoms with Crippen molar-refractivity contribution >= 4 is 27.6 Å². The van der Waals surface area contributed by atoms with Crippen LogP contribution in [0.25, 0.3) is 10.2 Å². The zero-order chi connectivity index (χ0) is 16.9. The Labute approximate surface area is 143 Å². The number of amides is 2. The van der Waals surface area contributed by atoms with E-state index in [1.54, 1.807) is 23.5 Å². The fraction of sp³-hybridized carbons (Fsp3) is 0.294. The number of rotatable bonds is 6. The molecule has 0 aliphatic carbocycles. The van der Waals surface area contributed by atoms with E-state index in [2.05, 4.69) is 15.6 Å². The van der Waals surface area contributed by atoms with Crippen LogP contribution in [0.2, 0.25) is 0 Å². The molecule has 1 aromatic carbocycles. The van der Waals surface area contributed by atoms with E-state index in [4.69, 9.17) is 4.42 Å². The number of furan rings is 1. The lowest BCUT2D eigenvalue weighted by Crippen LogP contribution is -2.41. The van der Waals surface area contributed by atoms with Gasteiger partial charge in [0.05, 0.1) is 23.0 Å². The maximum atomic E-state index is 12.0. The van der Waals surface area contributed by atoms with E-state index in [9.17, 15) is 9.90 Å². The number of thiazole rings is 1. The van der Waals surface area contributed by atoms with Crippen LogP contribution >= 0.6 is 11.3 Å². The summed E-state index contributed by atoms with van der Waals surface area (Å²) in [6, 6.07) is 10.8. The Morgan fingerprint density at radius 3 is 2.92 bits per heavy atom. The highest BCUT2D eigenvalue weighted by Crippen LogP contribution is 2.21. The fourth-order valence-corrected chi connectivity index (χ4v) is 3.32. The lowest BCUT2D eigenvalue weighted by molar-refractivity contribution is 0.129. The lowest BCUT2D eigenvalue weighted by Gasteiger charge is -2.16. The summed E-state index contributed by atoms with van der Waals surface area (Å²) < 4.78 is 6.25. The summed E-state index contributed by atoms with van der Waals surface area (Å²) in [5.74, 6) is 0.499. The van der Waals surface area contributed by atoms with Crippen molar-refractivity contribution in [1.29, 1.82) is 0 Å². The molecule has 0 aliphatic heterocycles. The minimum absolute atomic E-state index is 0.194. The lowest BCUT2D eigenvalue weighted by atomic mass is 10.1. The molecule has 3 N–H and O–H groups in total. The van der Waals surface area contributed by atoms with Crippen LogP contribution in [0.5, 0.6) is 0 Å². The van der Waals surface area contributed by atoms with Gasteiger partial charge in [0.1, 0.15) is 16.9 Å². The highest BCUT2D eigenvalue weighted by molar-refractivity contribution is 7.18. The van der Waals surface area contributed by atoms with Crippen molar-refractivity contribution in [1.82, 2.24) is 15.6 Å². The Bertz CT molecular complexity index is 767. The Kier molecular flexibility index (Phi) is 5.12. The highest BCUT2D eigenvalue weighted by atomic mass is 32.1. The average Bonchev–Trinajstić information content (AvgIpc) is 3.21. The standard InChI is InChI=1S/C17H19N3O3S/c1-11(9-13(21)14-6-4-8-23-14)19-17(22)18-10-16-20-12-5-2-3-7-15(12)24-16/h2-8,11,13,21H,9-10H2,1H3,(H2,18,19,22). The maximum absolute atomic E-state index is 12.0. The maximum Gasteiger partial charge on any atom is 0.315 e. The predicted octanol–water partition coefficient (Wildman–Crippen LogP) is 3.20. The van der Waals surface area contributed by atoms with Gasteiger partial charge in [-0.25, -0.2) is 9.78 Å². The van der Waals surface area contributed by atoms with Gasteiger partial charge in [0.15, 0.2) is 0 Å². The Balaban J connectivity index is 1.46. The Morgan fingerprint density at radius 2 is 2.17 bits per heavy atom. The van der Waals surface area contributed by atoms with Gasteiger partial charge in [0.2, 0.25) is 0 Å². The number of aromatic nitrogens is 1. The van der Waals surface area contributed by atoms with Gasteiger partial charge in [-0.05, 0) is 31.2 Å². The van der Waals surface area contributed by atoms with Crippen LogP contribution in [0.15, 0.2) is 47.1 Å². The Hall–Kier alpha value is -2.38. The van der Waals surface area contributed by atoms with E-state index in [1.165, 1.54) is 6.26 Å². The van der Waals surface area contributed by atoms with Crippen LogP contribution in [0.4, 0.5) is 4.79 Å². The smallest absolute Gasteiger partial charge is 0.315 e. The molecule has 0 spiro atoms. The Morgan fingerprint density at radius 1 is 1.33 bits per heavy atom. The number of para-hydroxylation sites is 1. The molecule has 3 aromatic rings. The van der Waals surface area contributed by atoms with Crippen LogP contribution in [0.1, 0.15) is 30.2 Å². The van der Waals surface area contributed by atoms with Crippen molar-refractivity contribution in [3.8, 4) is 0 Å². The van der Waals surface area contributed by atoms with Gasteiger partial charge in [-0.2, -0.15) is 0 Å². The third kappa shape index (κ3) is 4.12. The first-order valence-electron chi connectivity index (χ1n) is 7.72. The van der Waals surface area contributed by atoms with E-state index in [0.717, 1.165) is 15.2 Å². The molecule has 6 nitrogen and oxygen atoms in total. The average molecular weight is 345 g/mol. The van der Waals surface area contributed by atoms with Crippen molar-refractivity contribution < 1.29 is 14.3 Å². The second-order valence-corrected chi connectivity index (χ2v) is 6.69. The number of nitrogens with one attached hydrogen (secondary N) is 2. The number of aliphatic hydroxyl groups excluding tert-OH is 1. The number of carbonyl (C=O) groups excluding carboxylic acids is 1. The summed E-state index contributed by atoms with van der Waals surface area (Å²) in [7, 11) is 0. The first-order valence-corrected chi connectivity index (χ1v) is 8.54. The SMILES string of the molecule is CC(CC(O)c1ccco1)NC(=O)NCc1nc2ccccc2s1. The van der Waals surface area contributed by atoms with Crippen molar-refractivity contribution in [3.63, 3.8) is 0 Å². The number of fused-ring (bicyclic) bond motifs is 1. The zero-order valence-electron chi connectivity index (χ0n) is 13.2. The summed E-state index contributed by atoms with van der Waals surface area (Å²) in [5.41, 5.74) is 0.939. The van der Waals surface area contributed by atoms with E-state index in [-0.39, 0.29) is 12.1 Å². The summed E-state index contributed by atoms with van der Waals surface area (Å²) >= 11 is 1.56. The monoisotopic (exact) mass is 345 g/mol. The van der Waals surface area contributed by atoms with Crippen LogP contribution in [-0.4, -0.2) is 22.2 Å². The minimum Gasteiger partial charge on any atom is -0.467 e. The van der Waals surface area contributed by atoms with E-state index in [0.29, 0.717) is 18.7 Å². The van der Waals surface area contributed by atoms with Crippen LogP contribution < -0.4 is 10.6 Å². The van der Waals surface area contributed by atoms with Gasteiger partial charge in [0, 0.05) is 12.5 Å². The molecule has 2 aromatic heterocycles. The molecule has 2 unspecified atom stereocenters. The largest absolute Gasteiger partial charge is 0.467 e. The third-order valence-electron chi connectivity index (χ3n) is 3.56. The molecule has 3 rings (SSSR count). The molecule has 0 radical (unpaired) electrons. The number of carbonyl (C=O) groups is 1. The van der Waals surface area contributed by atoms with Gasteiger partial charge in [0.25, 0.3) is 0 Å². The number of hydrogen-bond acceptors (Lipinski definition) is 5. The summed E-state index contributed by atoms with van der Waals surface area (Å²) in [6.07, 6.45) is 1.16. The first kappa shape index (κ1) is 16.5. The zero-order valence-corrected chi connectivity index (χ0v) is 14.0. The van der Waals surface area contributed by atoms with Crippen molar-refractivity contribution in [3.05, 3.63) is 53.4 Å². The number of aliphatic hydroxyl groups is 1. The quantitative estimate of drug-likeness (QED) is 0.640. The molecule has 7 heteroatoms. The number of hydrogen-bond donors (Lipinski definition) is 3. The molecule has 24 heavy (non-hydrogen) atoms. The molecule has 0 aliphatic rings. The molecular weight excluding hydrogens is 326 g/mol. The molecule has 2 atom stereocenters. The second-order valence-electron chi connectivity index (χ2n) is 5.57. The third-order valence-corrected chi connectivity index (χ3v) is 4.60. The molecule has 126 valence electrons. The highest BCUT2D eigenvalue weighted by Gasteiger charge is 2.16. The topological polar surface area (TPSA) is 87.4 Å². The van der Waals surface area contributed by atoms with Gasteiger partial charge in [-0.1, -0.05) is 12.1 Å². The van der Waals surface area contributed by atoms with Crippen LogP contribution in [-0.2, 0) is 6.54 Å². The number of benzene rings is 1. The van der Waals surface area contributed by atoms with Gasteiger partial charge < -0.3 is 20.2 Å². The van der Waals surface area contributed by atoms with Crippen molar-refractivity contribution in [2.24, 2.45) is 0 Å². The van der Waals surface area contributed by atoms with Crippen molar-refractivity contribution in [2.75, 3.05) is 0 Å². The van der Waals surface area contributed by atoms with Gasteiger partial charge >= 0.3 is 6.03 Å². The van der Waals surface area contributed by atoms with E-state index in [1.807, 2.05) is 31.2 Å². The second kappa shape index (κ2) is 7.46.